The van der Waals surface area contributed by atoms with Gasteiger partial charge in [-0.15, -0.1) is 0 Å². The predicted molar refractivity (Wildman–Crippen MR) is 123 cm³/mol. The summed E-state index contributed by atoms with van der Waals surface area (Å²) >= 11 is 0. The van der Waals surface area contributed by atoms with E-state index in [-0.39, 0.29) is 17.7 Å². The zero-order valence-electron chi connectivity index (χ0n) is 19.5. The van der Waals surface area contributed by atoms with Crippen LogP contribution in [0.1, 0.15) is 47.2 Å². The summed E-state index contributed by atoms with van der Waals surface area (Å²) in [5.41, 5.74) is 2.96. The number of benzene rings is 1. The zero-order valence-corrected chi connectivity index (χ0v) is 19.5. The number of likely N-dealkylation sites (tertiary alicyclic amines) is 2. The largest absolute Gasteiger partial charge is 0.340 e. The molecule has 6 nitrogen and oxygen atoms in total. The first-order valence-electron chi connectivity index (χ1n) is 12.0. The van der Waals surface area contributed by atoms with E-state index < -0.39 is 0 Å². The fourth-order valence-corrected chi connectivity index (χ4v) is 5.65. The van der Waals surface area contributed by atoms with Crippen LogP contribution in [0.2, 0.25) is 0 Å². The second kappa shape index (κ2) is 9.70. The number of piperazine rings is 1. The molecule has 0 spiro atoms. The Morgan fingerprint density at radius 2 is 1.48 bits per heavy atom. The van der Waals surface area contributed by atoms with Crippen molar-refractivity contribution < 1.29 is 9.59 Å². The van der Waals surface area contributed by atoms with E-state index in [1.165, 1.54) is 19.4 Å². The number of carbonyl (C=O) groups is 2. The monoisotopic (exact) mass is 426 g/mol. The molecule has 0 aromatic heterocycles. The molecule has 4 rings (SSSR count). The minimum atomic E-state index is -0.0593. The molecule has 3 saturated heterocycles. The molecule has 6 heteroatoms. The van der Waals surface area contributed by atoms with Crippen molar-refractivity contribution in [3.05, 3.63) is 34.9 Å². The van der Waals surface area contributed by atoms with Gasteiger partial charge in [-0.25, -0.2) is 0 Å². The van der Waals surface area contributed by atoms with Crippen molar-refractivity contribution in [2.45, 2.75) is 45.6 Å². The van der Waals surface area contributed by atoms with E-state index in [4.69, 9.17) is 0 Å². The number of carbonyl (C=O) groups excluding carboxylic acids is 2. The van der Waals surface area contributed by atoms with Gasteiger partial charge in [0.2, 0.25) is 5.91 Å². The van der Waals surface area contributed by atoms with Crippen LogP contribution in [-0.4, -0.2) is 96.9 Å². The molecule has 170 valence electrons. The molecule has 0 saturated carbocycles. The molecule has 0 radical (unpaired) electrons. The van der Waals surface area contributed by atoms with Crippen LogP contribution in [0.3, 0.4) is 0 Å². The Hall–Kier alpha value is -1.92. The molecule has 3 aliphatic rings. The van der Waals surface area contributed by atoms with Crippen molar-refractivity contribution in [3.63, 3.8) is 0 Å². The molecule has 3 aliphatic heterocycles. The Bertz CT molecular complexity index is 782. The lowest BCUT2D eigenvalue weighted by molar-refractivity contribution is -0.139. The van der Waals surface area contributed by atoms with Crippen molar-refractivity contribution >= 4 is 11.8 Å². The van der Waals surface area contributed by atoms with E-state index >= 15 is 0 Å². The van der Waals surface area contributed by atoms with Gasteiger partial charge in [0, 0.05) is 57.4 Å². The summed E-state index contributed by atoms with van der Waals surface area (Å²) in [5, 5.41) is 0. The van der Waals surface area contributed by atoms with E-state index in [1.54, 1.807) is 0 Å². The van der Waals surface area contributed by atoms with Gasteiger partial charge in [-0.05, 0) is 65.3 Å². The Morgan fingerprint density at radius 3 is 2.16 bits per heavy atom. The molecule has 1 aromatic rings. The number of hydrogen-bond acceptors (Lipinski definition) is 4. The van der Waals surface area contributed by atoms with Crippen LogP contribution in [0.4, 0.5) is 0 Å². The maximum atomic E-state index is 13.3. The standard InChI is InChI=1S/C25H38N4O2/c1-19-14-20(2)16-22(15-19)25(31)29-9-4-6-21(17-29)24(30)28-12-10-27(11-13-28)23-7-5-8-26(3)18-23/h14-16,21,23H,4-13,17-18H2,1-3H3. The minimum absolute atomic E-state index is 0.0593. The Labute approximate surface area is 187 Å². The summed E-state index contributed by atoms with van der Waals surface area (Å²) in [7, 11) is 2.21. The Morgan fingerprint density at radius 1 is 0.806 bits per heavy atom. The third-order valence-electron chi connectivity index (χ3n) is 7.27. The van der Waals surface area contributed by atoms with E-state index in [9.17, 15) is 9.59 Å². The first kappa shape index (κ1) is 22.3. The number of rotatable bonds is 3. The molecule has 0 bridgehead atoms. The third kappa shape index (κ3) is 5.29. The van der Waals surface area contributed by atoms with Gasteiger partial charge >= 0.3 is 0 Å². The van der Waals surface area contributed by atoms with Gasteiger partial charge in [-0.1, -0.05) is 17.2 Å². The third-order valence-corrected chi connectivity index (χ3v) is 7.27. The van der Waals surface area contributed by atoms with Crippen LogP contribution >= 0.6 is 0 Å². The van der Waals surface area contributed by atoms with Crippen LogP contribution in [0.15, 0.2) is 18.2 Å². The van der Waals surface area contributed by atoms with Gasteiger partial charge in [0.05, 0.1) is 5.92 Å². The van der Waals surface area contributed by atoms with Gasteiger partial charge in [0.15, 0.2) is 0 Å². The summed E-state index contributed by atoms with van der Waals surface area (Å²) in [6.45, 7) is 11.3. The highest BCUT2D eigenvalue weighted by atomic mass is 16.2. The van der Waals surface area contributed by atoms with Crippen LogP contribution < -0.4 is 0 Å². The van der Waals surface area contributed by atoms with Gasteiger partial charge in [-0.3, -0.25) is 14.5 Å². The topological polar surface area (TPSA) is 47.1 Å². The van der Waals surface area contributed by atoms with Gasteiger partial charge in [0.1, 0.15) is 0 Å². The van der Waals surface area contributed by atoms with Crippen LogP contribution in [0.25, 0.3) is 0 Å². The molecule has 2 atom stereocenters. The van der Waals surface area contributed by atoms with Gasteiger partial charge < -0.3 is 14.7 Å². The summed E-state index contributed by atoms with van der Waals surface area (Å²) in [5.74, 6) is 0.254. The normalized spacial score (nSPS) is 26.2. The maximum Gasteiger partial charge on any atom is 0.253 e. The number of piperidine rings is 2. The Kier molecular flexibility index (Phi) is 6.97. The average Bonchev–Trinajstić information content (AvgIpc) is 2.77. The number of amides is 2. The number of likely N-dealkylation sites (N-methyl/N-ethyl adjacent to an activating group) is 1. The molecular formula is C25H38N4O2. The maximum absolute atomic E-state index is 13.3. The second-order valence-electron chi connectivity index (χ2n) is 9.89. The van der Waals surface area contributed by atoms with E-state index in [0.717, 1.165) is 68.8 Å². The fraction of sp³-hybridized carbons (Fsp3) is 0.680. The van der Waals surface area contributed by atoms with Crippen molar-refractivity contribution in [1.82, 2.24) is 19.6 Å². The summed E-state index contributed by atoms with van der Waals surface area (Å²) in [6.07, 6.45) is 4.34. The van der Waals surface area contributed by atoms with Crippen LogP contribution in [-0.2, 0) is 4.79 Å². The molecule has 0 aliphatic carbocycles. The molecule has 0 N–H and O–H groups in total. The first-order chi connectivity index (χ1) is 14.9. The van der Waals surface area contributed by atoms with Crippen LogP contribution in [0.5, 0.6) is 0 Å². The molecule has 2 unspecified atom stereocenters. The minimum Gasteiger partial charge on any atom is -0.340 e. The van der Waals surface area contributed by atoms with Gasteiger partial charge in [0.25, 0.3) is 5.91 Å². The fourth-order valence-electron chi connectivity index (χ4n) is 5.65. The lowest BCUT2D eigenvalue weighted by atomic mass is 9.95. The van der Waals surface area contributed by atoms with Gasteiger partial charge in [-0.2, -0.15) is 0 Å². The summed E-state index contributed by atoms with van der Waals surface area (Å²) in [4.78, 5) is 35.3. The van der Waals surface area contributed by atoms with Crippen molar-refractivity contribution in [1.29, 1.82) is 0 Å². The predicted octanol–water partition coefficient (Wildman–Crippen LogP) is 2.39. The van der Waals surface area contributed by atoms with Crippen molar-refractivity contribution in [3.8, 4) is 0 Å². The highest BCUT2D eigenvalue weighted by Crippen LogP contribution is 2.23. The number of aryl methyl sites for hydroxylation is 2. The molecule has 31 heavy (non-hydrogen) atoms. The smallest absolute Gasteiger partial charge is 0.253 e. The average molecular weight is 427 g/mol. The highest BCUT2D eigenvalue weighted by molar-refractivity contribution is 5.95. The van der Waals surface area contributed by atoms with Crippen LogP contribution in [0, 0.1) is 19.8 Å². The quantitative estimate of drug-likeness (QED) is 0.745. The zero-order chi connectivity index (χ0) is 22.0. The van der Waals surface area contributed by atoms with E-state index in [2.05, 4.69) is 27.8 Å². The first-order valence-corrected chi connectivity index (χ1v) is 12.0. The summed E-state index contributed by atoms with van der Waals surface area (Å²) in [6, 6.07) is 6.65. The highest BCUT2D eigenvalue weighted by Gasteiger charge is 2.34. The molecule has 3 heterocycles. The van der Waals surface area contributed by atoms with Crippen molar-refractivity contribution in [2.24, 2.45) is 5.92 Å². The molecule has 2 amide bonds. The molecule has 3 fully saturated rings. The Balaban J connectivity index is 1.32. The SMILES string of the molecule is Cc1cc(C)cc(C(=O)N2CCCC(C(=O)N3CCN(C4CCCN(C)C4)CC3)C2)c1. The van der Waals surface area contributed by atoms with Crippen molar-refractivity contribution in [2.75, 3.05) is 59.4 Å². The molecular weight excluding hydrogens is 388 g/mol. The summed E-state index contributed by atoms with van der Waals surface area (Å²) < 4.78 is 0. The van der Waals surface area contributed by atoms with E-state index in [0.29, 0.717) is 12.6 Å². The second-order valence-corrected chi connectivity index (χ2v) is 9.89. The lowest BCUT2D eigenvalue weighted by Crippen LogP contribution is -2.57. The molecule has 1 aromatic carbocycles. The number of hydrogen-bond donors (Lipinski definition) is 0. The van der Waals surface area contributed by atoms with E-state index in [1.807, 2.05) is 30.9 Å². The lowest BCUT2D eigenvalue weighted by Gasteiger charge is -2.43. The number of nitrogens with zero attached hydrogens (tertiary/aromatic N) is 4.